The number of allylic oxidation sites excluding steroid dienone is 1. The average molecular weight is 512 g/mol. The molecule has 0 spiro atoms. The first-order chi connectivity index (χ1) is 18.4. The second-order valence-corrected chi connectivity index (χ2v) is 8.41. The third-order valence-corrected chi connectivity index (χ3v) is 5.81. The molecule has 0 bridgehead atoms. The lowest BCUT2D eigenvalue weighted by Crippen LogP contribution is -2.26. The molecule has 0 atom stereocenters. The smallest absolute Gasteiger partial charge is 0.283 e. The Labute approximate surface area is 222 Å². The van der Waals surface area contributed by atoms with E-state index in [0.717, 1.165) is 5.69 Å². The highest BCUT2D eigenvalue weighted by atomic mass is 16.5. The number of amides is 1. The number of likely N-dealkylation sites (N-methyl/N-ethyl adjacent to an activating group) is 1. The Morgan fingerprint density at radius 1 is 1.03 bits per heavy atom. The van der Waals surface area contributed by atoms with Gasteiger partial charge in [0, 0.05) is 44.5 Å². The van der Waals surface area contributed by atoms with Crippen LogP contribution in [0.1, 0.15) is 25.3 Å². The lowest BCUT2D eigenvalue weighted by molar-refractivity contribution is -0.114. The molecule has 0 radical (unpaired) electrons. The lowest BCUT2D eigenvalue weighted by Gasteiger charge is -2.24. The summed E-state index contributed by atoms with van der Waals surface area (Å²) < 4.78 is 11.1. The Morgan fingerprint density at radius 2 is 1.68 bits per heavy atom. The van der Waals surface area contributed by atoms with Gasteiger partial charge >= 0.3 is 0 Å². The van der Waals surface area contributed by atoms with Crippen LogP contribution in [0, 0.1) is 34.0 Å². The largest absolute Gasteiger partial charge is 0.496 e. The van der Waals surface area contributed by atoms with Crippen molar-refractivity contribution in [1.82, 2.24) is 4.90 Å². The predicted octanol–water partition coefficient (Wildman–Crippen LogP) is 3.93. The molecule has 2 aromatic carbocycles. The molecule has 0 saturated carbocycles. The quantitative estimate of drug-likeness (QED) is 0.347. The molecule has 0 unspecified atom stereocenters. The first kappa shape index (κ1) is 27.6. The summed E-state index contributed by atoms with van der Waals surface area (Å²) in [5, 5.41) is 34.1. The molecule has 1 amide bonds. The molecule has 1 aliphatic heterocycles. The summed E-state index contributed by atoms with van der Waals surface area (Å²) in [6.45, 7) is 3.31. The standard InChI is InChI=1S/C28H29N7O3/c1-5-38-22-11-8-20(9-12-22)35-28(36)26(27(32-35)33(2)3)24(19-31)23-13-10-21(18-25(23)37-4)34(16-6-14-29)17-7-15-30/h8-13,18H,5-7,16-17H2,1-4H3. The van der Waals surface area contributed by atoms with Crippen molar-refractivity contribution in [3.05, 3.63) is 53.6 Å². The Hall–Kier alpha value is -5.01. The maximum Gasteiger partial charge on any atom is 0.283 e. The molecule has 0 N–H and O–H groups in total. The number of amidine groups is 1. The van der Waals surface area contributed by atoms with Crippen LogP contribution in [0.5, 0.6) is 11.5 Å². The van der Waals surface area contributed by atoms with Crippen LogP contribution < -0.4 is 19.4 Å². The highest BCUT2D eigenvalue weighted by molar-refractivity contribution is 6.34. The molecule has 1 aliphatic rings. The second-order valence-electron chi connectivity index (χ2n) is 8.41. The molecule has 1 heterocycles. The summed E-state index contributed by atoms with van der Waals surface area (Å²) >= 11 is 0. The van der Waals surface area contributed by atoms with Crippen LogP contribution in [0.2, 0.25) is 0 Å². The number of hydrogen-bond acceptors (Lipinski definition) is 9. The van der Waals surface area contributed by atoms with Crippen molar-refractivity contribution in [3.8, 4) is 29.7 Å². The number of anilines is 2. The number of benzene rings is 2. The molecule has 10 nitrogen and oxygen atoms in total. The molecule has 0 aromatic heterocycles. The van der Waals surface area contributed by atoms with Crippen molar-refractivity contribution in [2.24, 2.45) is 5.10 Å². The van der Waals surface area contributed by atoms with E-state index >= 15 is 0 Å². The zero-order chi connectivity index (χ0) is 27.7. The predicted molar refractivity (Wildman–Crippen MR) is 144 cm³/mol. The van der Waals surface area contributed by atoms with Crippen molar-refractivity contribution >= 4 is 28.7 Å². The monoisotopic (exact) mass is 511 g/mol. The first-order valence-electron chi connectivity index (χ1n) is 12.0. The van der Waals surface area contributed by atoms with Crippen LogP contribution in [0.25, 0.3) is 5.57 Å². The van der Waals surface area contributed by atoms with E-state index in [0.29, 0.717) is 61.1 Å². The van der Waals surface area contributed by atoms with Crippen LogP contribution in [0.15, 0.2) is 53.1 Å². The number of ether oxygens (including phenoxy) is 2. The van der Waals surface area contributed by atoms with Gasteiger partial charge in [-0.2, -0.15) is 20.8 Å². The van der Waals surface area contributed by atoms with Crippen molar-refractivity contribution in [2.45, 2.75) is 19.8 Å². The third-order valence-electron chi connectivity index (χ3n) is 5.81. The maximum absolute atomic E-state index is 13.7. The van der Waals surface area contributed by atoms with E-state index in [1.54, 1.807) is 61.5 Å². The van der Waals surface area contributed by atoms with E-state index in [1.807, 2.05) is 11.8 Å². The zero-order valence-electron chi connectivity index (χ0n) is 21.9. The van der Waals surface area contributed by atoms with Crippen LogP contribution in [0.3, 0.4) is 0 Å². The summed E-state index contributed by atoms with van der Waals surface area (Å²) in [6.07, 6.45) is 0.586. The molecular weight excluding hydrogens is 482 g/mol. The topological polar surface area (TPSA) is 129 Å². The lowest BCUT2D eigenvalue weighted by atomic mass is 9.98. The van der Waals surface area contributed by atoms with E-state index in [1.165, 1.54) is 12.1 Å². The number of carbonyl (C=O) groups is 1. The van der Waals surface area contributed by atoms with Gasteiger partial charge in [0.1, 0.15) is 23.1 Å². The minimum atomic E-state index is -0.440. The number of hydrazone groups is 1. The fourth-order valence-electron chi connectivity index (χ4n) is 4.02. The minimum Gasteiger partial charge on any atom is -0.496 e. The molecule has 0 aliphatic carbocycles. The van der Waals surface area contributed by atoms with Gasteiger partial charge in [-0.15, -0.1) is 5.10 Å². The van der Waals surface area contributed by atoms with Gasteiger partial charge < -0.3 is 19.3 Å². The van der Waals surface area contributed by atoms with Crippen LogP contribution in [-0.2, 0) is 4.79 Å². The van der Waals surface area contributed by atoms with Gasteiger partial charge in [-0.1, -0.05) is 0 Å². The van der Waals surface area contributed by atoms with Gasteiger partial charge in [0.25, 0.3) is 5.91 Å². The summed E-state index contributed by atoms with van der Waals surface area (Å²) in [5.41, 5.74) is 2.00. The Bertz CT molecular complexity index is 1340. The SMILES string of the molecule is CCOc1ccc(N2N=C(N(C)C)C(=C(C#N)c3ccc(N(CCC#N)CCC#N)cc3OC)C2=O)cc1. The van der Waals surface area contributed by atoms with Gasteiger partial charge in [-0.3, -0.25) is 4.79 Å². The van der Waals surface area contributed by atoms with E-state index in [-0.39, 0.29) is 11.1 Å². The Balaban J connectivity index is 2.08. The number of nitrogens with zero attached hydrogens (tertiary/aromatic N) is 7. The Kier molecular flexibility index (Phi) is 9.29. The Morgan fingerprint density at radius 3 is 2.21 bits per heavy atom. The van der Waals surface area contributed by atoms with E-state index < -0.39 is 5.91 Å². The zero-order valence-corrected chi connectivity index (χ0v) is 21.9. The van der Waals surface area contributed by atoms with Gasteiger partial charge in [0.15, 0.2) is 5.84 Å². The summed E-state index contributed by atoms with van der Waals surface area (Å²) in [4.78, 5) is 17.3. The van der Waals surface area contributed by atoms with Crippen molar-refractivity contribution < 1.29 is 14.3 Å². The van der Waals surface area contributed by atoms with Crippen LogP contribution >= 0.6 is 0 Å². The second kappa shape index (κ2) is 12.8. The first-order valence-corrected chi connectivity index (χ1v) is 12.0. The summed E-state index contributed by atoms with van der Waals surface area (Å²) in [7, 11) is 5.00. The third kappa shape index (κ3) is 5.86. The van der Waals surface area contributed by atoms with Gasteiger partial charge in [0.2, 0.25) is 0 Å². The van der Waals surface area contributed by atoms with Crippen LogP contribution in [-0.4, -0.2) is 57.5 Å². The van der Waals surface area contributed by atoms with Crippen molar-refractivity contribution in [1.29, 1.82) is 15.8 Å². The average Bonchev–Trinajstić information content (AvgIpc) is 3.27. The molecule has 0 fully saturated rings. The highest BCUT2D eigenvalue weighted by Crippen LogP contribution is 2.36. The number of hydrogen-bond donors (Lipinski definition) is 0. The number of carbonyl (C=O) groups excluding carboxylic acids is 1. The molecule has 2 aromatic rings. The maximum atomic E-state index is 13.7. The summed E-state index contributed by atoms with van der Waals surface area (Å²) in [5.74, 6) is 0.967. The van der Waals surface area contributed by atoms with Crippen molar-refractivity contribution in [3.63, 3.8) is 0 Å². The molecule has 38 heavy (non-hydrogen) atoms. The summed E-state index contributed by atoms with van der Waals surface area (Å²) in [6, 6.07) is 18.7. The highest BCUT2D eigenvalue weighted by Gasteiger charge is 2.36. The van der Waals surface area contributed by atoms with E-state index in [4.69, 9.17) is 20.0 Å². The molecule has 10 heteroatoms. The van der Waals surface area contributed by atoms with Crippen molar-refractivity contribution in [2.75, 3.05) is 50.8 Å². The van der Waals surface area contributed by atoms with Gasteiger partial charge in [-0.05, 0) is 43.3 Å². The fraction of sp³-hybridized carbons (Fsp3) is 0.321. The number of methoxy groups -OCH3 is 1. The van der Waals surface area contributed by atoms with Gasteiger partial charge in [-0.25, -0.2) is 0 Å². The molecule has 0 saturated heterocycles. The number of nitriles is 3. The molecular formula is C28H29N7O3. The van der Waals surface area contributed by atoms with Crippen LogP contribution in [0.4, 0.5) is 11.4 Å². The molecule has 3 rings (SSSR count). The van der Waals surface area contributed by atoms with Gasteiger partial charge in [0.05, 0.1) is 50.0 Å². The normalized spacial score (nSPS) is 13.7. The minimum absolute atomic E-state index is 0.125. The number of rotatable bonds is 10. The van der Waals surface area contributed by atoms with E-state index in [9.17, 15) is 10.1 Å². The molecule has 194 valence electrons. The van der Waals surface area contributed by atoms with E-state index in [2.05, 4.69) is 23.3 Å². The fourth-order valence-corrected chi connectivity index (χ4v) is 4.02.